The summed E-state index contributed by atoms with van der Waals surface area (Å²) in [6.07, 6.45) is 0.0841. The lowest BCUT2D eigenvalue weighted by Gasteiger charge is -2.34. The van der Waals surface area contributed by atoms with Crippen LogP contribution in [0.2, 0.25) is 0 Å². The first-order chi connectivity index (χ1) is 17.3. The second kappa shape index (κ2) is 14.5. The molecular weight excluding hydrogens is 476 g/mol. The predicted octanol–water partition coefficient (Wildman–Crippen LogP) is 6.14. The molecule has 4 nitrogen and oxygen atoms in total. The van der Waals surface area contributed by atoms with E-state index in [1.165, 1.54) is 6.42 Å². The van der Waals surface area contributed by atoms with E-state index in [0.29, 0.717) is 19.8 Å². The Labute approximate surface area is 216 Å². The maximum Gasteiger partial charge on any atom is 0.189 e. The highest BCUT2D eigenvalue weighted by Crippen LogP contribution is 2.36. The molecule has 184 valence electrons. The van der Waals surface area contributed by atoms with E-state index in [2.05, 4.69) is 0 Å². The molecule has 3 aromatic rings. The van der Waals surface area contributed by atoms with Crippen molar-refractivity contribution in [3.63, 3.8) is 0 Å². The molecular formula is C29H32O4S2. The predicted molar refractivity (Wildman–Crippen MR) is 144 cm³/mol. The summed E-state index contributed by atoms with van der Waals surface area (Å²) in [6.45, 7) is 1.16. The number of hydrogen-bond acceptors (Lipinski definition) is 6. The molecule has 0 unspecified atom stereocenters. The van der Waals surface area contributed by atoms with Crippen LogP contribution in [0.25, 0.3) is 0 Å². The maximum atomic E-state index is 13.5. The van der Waals surface area contributed by atoms with Gasteiger partial charge < -0.3 is 14.2 Å². The number of ketones is 1. The molecule has 3 aromatic carbocycles. The van der Waals surface area contributed by atoms with Crippen molar-refractivity contribution in [2.24, 2.45) is 0 Å². The van der Waals surface area contributed by atoms with Crippen LogP contribution < -0.4 is 0 Å². The molecule has 35 heavy (non-hydrogen) atoms. The van der Waals surface area contributed by atoms with Gasteiger partial charge in [0.1, 0.15) is 18.8 Å². The smallest absolute Gasteiger partial charge is 0.189 e. The van der Waals surface area contributed by atoms with Crippen molar-refractivity contribution in [3.05, 3.63) is 108 Å². The summed E-state index contributed by atoms with van der Waals surface area (Å²) in [6, 6.07) is 29.9. The van der Waals surface area contributed by atoms with Crippen LogP contribution in [0, 0.1) is 0 Å². The van der Waals surface area contributed by atoms with Gasteiger partial charge in [-0.05, 0) is 34.6 Å². The van der Waals surface area contributed by atoms with Gasteiger partial charge in [-0.2, -0.15) is 0 Å². The molecule has 0 bridgehead atoms. The normalized spacial score (nSPS) is 16.0. The zero-order chi connectivity index (χ0) is 24.1. The summed E-state index contributed by atoms with van der Waals surface area (Å²) in [7, 11) is 0. The van der Waals surface area contributed by atoms with Gasteiger partial charge in [0, 0.05) is 0 Å². The number of benzene rings is 3. The van der Waals surface area contributed by atoms with E-state index >= 15 is 0 Å². The lowest BCUT2D eigenvalue weighted by atomic mass is 10.1. The topological polar surface area (TPSA) is 44.8 Å². The SMILES string of the molecule is O=C(COCc1ccccc1)[C@@H](OCc1ccccc1)[C@@H](OCc1ccccc1)C1SCCCS1. The number of rotatable bonds is 13. The zero-order valence-corrected chi connectivity index (χ0v) is 21.4. The summed E-state index contributed by atoms with van der Waals surface area (Å²) < 4.78 is 18.7. The Morgan fingerprint density at radius 2 is 1.20 bits per heavy atom. The zero-order valence-electron chi connectivity index (χ0n) is 19.8. The summed E-state index contributed by atoms with van der Waals surface area (Å²) in [4.78, 5) is 13.5. The van der Waals surface area contributed by atoms with E-state index in [4.69, 9.17) is 14.2 Å². The highest BCUT2D eigenvalue weighted by Gasteiger charge is 2.37. The fourth-order valence-electron chi connectivity index (χ4n) is 3.83. The number of hydrogen-bond donors (Lipinski definition) is 0. The first kappa shape index (κ1) is 26.0. The van der Waals surface area contributed by atoms with Gasteiger partial charge in [-0.1, -0.05) is 91.0 Å². The van der Waals surface area contributed by atoms with Crippen molar-refractivity contribution in [1.82, 2.24) is 0 Å². The molecule has 1 fully saturated rings. The largest absolute Gasteiger partial charge is 0.369 e. The first-order valence-corrected chi connectivity index (χ1v) is 14.1. The molecule has 0 saturated carbocycles. The van der Waals surface area contributed by atoms with Gasteiger partial charge >= 0.3 is 0 Å². The lowest BCUT2D eigenvalue weighted by Crippen LogP contribution is -2.45. The van der Waals surface area contributed by atoms with Crippen molar-refractivity contribution in [2.75, 3.05) is 18.1 Å². The quantitative estimate of drug-likeness (QED) is 0.276. The monoisotopic (exact) mass is 508 g/mol. The number of thioether (sulfide) groups is 2. The number of carbonyl (C=O) groups is 1. The van der Waals surface area contributed by atoms with Gasteiger partial charge in [-0.15, -0.1) is 23.5 Å². The Bertz CT molecular complexity index is 995. The van der Waals surface area contributed by atoms with E-state index in [0.717, 1.165) is 28.2 Å². The summed E-state index contributed by atoms with van der Waals surface area (Å²) in [5.74, 6) is 2.04. The van der Waals surface area contributed by atoms with Gasteiger partial charge in [0.05, 0.1) is 24.4 Å². The second-order valence-electron chi connectivity index (χ2n) is 8.39. The average Bonchev–Trinajstić information content (AvgIpc) is 2.92. The Morgan fingerprint density at radius 1 is 0.714 bits per heavy atom. The van der Waals surface area contributed by atoms with E-state index in [9.17, 15) is 4.79 Å². The Kier molecular flexibility index (Phi) is 10.7. The Hall–Kier alpha value is -2.09. The van der Waals surface area contributed by atoms with Crippen LogP contribution in [0.4, 0.5) is 0 Å². The summed E-state index contributed by atoms with van der Waals surface area (Å²) in [5, 5.41) is 0. The molecule has 1 aliphatic rings. The molecule has 1 heterocycles. The van der Waals surface area contributed by atoms with Gasteiger partial charge in [0.15, 0.2) is 5.78 Å². The summed E-state index contributed by atoms with van der Waals surface area (Å²) in [5.41, 5.74) is 3.15. The van der Waals surface area contributed by atoms with Crippen molar-refractivity contribution in [3.8, 4) is 0 Å². The lowest BCUT2D eigenvalue weighted by molar-refractivity contribution is -0.148. The summed E-state index contributed by atoms with van der Waals surface area (Å²) >= 11 is 3.72. The number of carbonyl (C=O) groups excluding carboxylic acids is 1. The van der Waals surface area contributed by atoms with Crippen LogP contribution in [0.1, 0.15) is 23.1 Å². The minimum Gasteiger partial charge on any atom is -0.369 e. The molecule has 1 saturated heterocycles. The van der Waals surface area contributed by atoms with Gasteiger partial charge in [-0.25, -0.2) is 0 Å². The molecule has 0 aliphatic carbocycles. The molecule has 0 radical (unpaired) electrons. The molecule has 0 spiro atoms. The Balaban J connectivity index is 1.48. The molecule has 0 aromatic heterocycles. The van der Waals surface area contributed by atoms with Crippen molar-refractivity contribution in [1.29, 1.82) is 0 Å². The third-order valence-corrected chi connectivity index (χ3v) is 8.71. The van der Waals surface area contributed by atoms with E-state index in [1.54, 1.807) is 0 Å². The Morgan fingerprint density at radius 3 is 1.74 bits per heavy atom. The minimum atomic E-state index is -0.710. The third-order valence-electron chi connectivity index (χ3n) is 5.65. The second-order valence-corrected chi connectivity index (χ2v) is 11.2. The van der Waals surface area contributed by atoms with E-state index in [-0.39, 0.29) is 23.1 Å². The van der Waals surface area contributed by atoms with E-state index in [1.807, 2.05) is 115 Å². The molecule has 2 atom stereocenters. The molecule has 0 N–H and O–H groups in total. The first-order valence-electron chi connectivity index (χ1n) is 12.0. The fourth-order valence-corrected chi connectivity index (χ4v) is 6.88. The van der Waals surface area contributed by atoms with Crippen LogP contribution in [0.15, 0.2) is 91.0 Å². The van der Waals surface area contributed by atoms with Gasteiger partial charge in [0.2, 0.25) is 0 Å². The molecule has 4 rings (SSSR count). The standard InChI is InChI=1S/C29H32O4S2/c30-26(22-31-19-23-11-4-1-5-12-23)27(32-20-24-13-6-2-7-14-24)28(29-34-17-10-18-35-29)33-21-25-15-8-3-9-16-25/h1-9,11-16,27-29H,10,17-22H2/t27-,28-/m1/s1. The average molecular weight is 509 g/mol. The van der Waals surface area contributed by atoms with E-state index < -0.39 is 6.10 Å². The van der Waals surface area contributed by atoms with Gasteiger partial charge in [-0.3, -0.25) is 4.79 Å². The third kappa shape index (κ3) is 8.51. The minimum absolute atomic E-state index is 0.0123. The molecule has 6 heteroatoms. The molecule has 0 amide bonds. The van der Waals surface area contributed by atoms with Crippen LogP contribution in [0.3, 0.4) is 0 Å². The fraction of sp³-hybridized carbons (Fsp3) is 0.345. The highest BCUT2D eigenvalue weighted by molar-refractivity contribution is 8.17. The number of Topliss-reactive ketones (excluding diaryl/α,β-unsaturated/α-hetero) is 1. The highest BCUT2D eigenvalue weighted by atomic mass is 32.2. The maximum absolute atomic E-state index is 13.5. The van der Waals surface area contributed by atoms with Crippen LogP contribution >= 0.6 is 23.5 Å². The van der Waals surface area contributed by atoms with Crippen molar-refractivity contribution in [2.45, 2.75) is 43.0 Å². The number of ether oxygens (including phenoxy) is 3. The van der Waals surface area contributed by atoms with Crippen molar-refractivity contribution >= 4 is 29.3 Å². The van der Waals surface area contributed by atoms with Crippen LogP contribution in [-0.4, -0.2) is 40.7 Å². The van der Waals surface area contributed by atoms with Gasteiger partial charge in [0.25, 0.3) is 0 Å². The molecule has 1 aliphatic heterocycles. The van der Waals surface area contributed by atoms with Crippen LogP contribution in [-0.2, 0) is 38.8 Å². The van der Waals surface area contributed by atoms with Crippen LogP contribution in [0.5, 0.6) is 0 Å². The van der Waals surface area contributed by atoms with Crippen molar-refractivity contribution < 1.29 is 19.0 Å².